The average molecular weight is 298 g/mol. The molecule has 2 amide bonds. The molecule has 1 heterocycles. The number of carbonyl (C=O) groups excluding carboxylic acids is 2. The Bertz CT molecular complexity index is 689. The summed E-state index contributed by atoms with van der Waals surface area (Å²) in [6, 6.07) is 11.5. The zero-order valence-corrected chi connectivity index (χ0v) is 12.4. The number of nitrogens with zero attached hydrogens (tertiary/aromatic N) is 2. The lowest BCUT2D eigenvalue weighted by atomic mass is 10.2. The topological polar surface area (TPSA) is 76.0 Å². The molecule has 6 nitrogen and oxygen atoms in total. The average Bonchev–Trinajstić information content (AvgIpc) is 3.25. The van der Waals surface area contributed by atoms with Crippen molar-refractivity contribution >= 4 is 11.8 Å². The highest BCUT2D eigenvalue weighted by Crippen LogP contribution is 2.19. The van der Waals surface area contributed by atoms with Gasteiger partial charge in [0.05, 0.1) is 6.54 Å². The summed E-state index contributed by atoms with van der Waals surface area (Å²) in [6.07, 6.45) is 2.03. The fourth-order valence-corrected chi connectivity index (χ4v) is 2.20. The Labute approximate surface area is 128 Å². The van der Waals surface area contributed by atoms with Gasteiger partial charge in [-0.25, -0.2) is 0 Å². The number of carbonyl (C=O) groups is 2. The minimum Gasteiger partial charge on any atom is -0.354 e. The van der Waals surface area contributed by atoms with Gasteiger partial charge in [0.15, 0.2) is 5.69 Å². The van der Waals surface area contributed by atoms with Crippen LogP contribution >= 0.6 is 0 Å². The van der Waals surface area contributed by atoms with E-state index in [2.05, 4.69) is 15.7 Å². The Balaban J connectivity index is 1.89. The minimum atomic E-state index is -0.299. The summed E-state index contributed by atoms with van der Waals surface area (Å²) < 4.78 is 1.58. The highest BCUT2D eigenvalue weighted by atomic mass is 16.2. The summed E-state index contributed by atoms with van der Waals surface area (Å²) in [4.78, 5) is 24.1. The van der Waals surface area contributed by atoms with Gasteiger partial charge in [-0.2, -0.15) is 5.10 Å². The molecule has 0 bridgehead atoms. The molecular weight excluding hydrogens is 280 g/mol. The summed E-state index contributed by atoms with van der Waals surface area (Å²) in [5.74, 6) is -0.478. The van der Waals surface area contributed by atoms with Crippen LogP contribution in [0.1, 0.15) is 39.4 Å². The zero-order chi connectivity index (χ0) is 15.5. The van der Waals surface area contributed by atoms with E-state index >= 15 is 0 Å². The van der Waals surface area contributed by atoms with E-state index < -0.39 is 0 Å². The lowest BCUT2D eigenvalue weighted by molar-refractivity contribution is 0.0937. The van der Waals surface area contributed by atoms with E-state index in [1.807, 2.05) is 30.3 Å². The van der Waals surface area contributed by atoms with E-state index in [4.69, 9.17) is 0 Å². The van der Waals surface area contributed by atoms with Crippen LogP contribution in [0.25, 0.3) is 0 Å². The molecule has 0 spiro atoms. The van der Waals surface area contributed by atoms with Gasteiger partial charge in [0.25, 0.3) is 11.8 Å². The first-order valence-electron chi connectivity index (χ1n) is 7.32. The molecule has 3 rings (SSSR count). The molecule has 1 aliphatic carbocycles. The molecule has 1 aromatic heterocycles. The normalized spacial score (nSPS) is 13.7. The maximum Gasteiger partial charge on any atom is 0.271 e. The Morgan fingerprint density at radius 1 is 1.23 bits per heavy atom. The molecule has 0 aliphatic heterocycles. The number of hydrogen-bond acceptors (Lipinski definition) is 3. The molecule has 22 heavy (non-hydrogen) atoms. The standard InChI is InChI=1S/C16H18N4O2/c1-17-15(21)13-9-14(16(22)18-12-7-8-12)20(19-13)10-11-5-3-2-4-6-11/h2-6,9,12H,7-8,10H2,1H3,(H,17,21)(H,18,22). The second-order valence-electron chi connectivity index (χ2n) is 5.38. The second kappa shape index (κ2) is 6.01. The molecule has 2 aromatic rings. The summed E-state index contributed by atoms with van der Waals surface area (Å²) in [5.41, 5.74) is 1.68. The predicted molar refractivity (Wildman–Crippen MR) is 81.6 cm³/mol. The van der Waals surface area contributed by atoms with Crippen LogP contribution in [-0.4, -0.2) is 34.7 Å². The summed E-state index contributed by atoms with van der Waals surface area (Å²) in [7, 11) is 1.54. The molecular formula is C16H18N4O2. The van der Waals surface area contributed by atoms with Crippen LogP contribution in [0.2, 0.25) is 0 Å². The zero-order valence-electron chi connectivity index (χ0n) is 12.4. The third kappa shape index (κ3) is 3.16. The minimum absolute atomic E-state index is 0.180. The predicted octanol–water partition coefficient (Wildman–Crippen LogP) is 1.18. The van der Waals surface area contributed by atoms with Gasteiger partial charge in [0.1, 0.15) is 5.69 Å². The Morgan fingerprint density at radius 2 is 1.95 bits per heavy atom. The number of amides is 2. The van der Waals surface area contributed by atoms with Crippen molar-refractivity contribution < 1.29 is 9.59 Å². The third-order valence-corrected chi connectivity index (χ3v) is 3.56. The molecule has 6 heteroatoms. The molecule has 114 valence electrons. The fraction of sp³-hybridized carbons (Fsp3) is 0.312. The summed E-state index contributed by atoms with van der Waals surface area (Å²) in [6.45, 7) is 0.450. The van der Waals surface area contributed by atoms with Crippen molar-refractivity contribution in [3.63, 3.8) is 0 Å². The van der Waals surface area contributed by atoms with Crippen LogP contribution in [0.15, 0.2) is 36.4 Å². The van der Waals surface area contributed by atoms with Crippen molar-refractivity contribution in [2.24, 2.45) is 0 Å². The van der Waals surface area contributed by atoms with Crippen LogP contribution in [0.4, 0.5) is 0 Å². The number of hydrogen-bond donors (Lipinski definition) is 2. The van der Waals surface area contributed by atoms with Gasteiger partial charge < -0.3 is 10.6 Å². The monoisotopic (exact) mass is 298 g/mol. The maximum atomic E-state index is 12.3. The molecule has 1 saturated carbocycles. The van der Waals surface area contributed by atoms with Gasteiger partial charge >= 0.3 is 0 Å². The van der Waals surface area contributed by atoms with Crippen molar-refractivity contribution in [1.82, 2.24) is 20.4 Å². The fourth-order valence-electron chi connectivity index (χ4n) is 2.20. The van der Waals surface area contributed by atoms with Crippen LogP contribution in [0, 0.1) is 0 Å². The maximum absolute atomic E-state index is 12.3. The number of aromatic nitrogens is 2. The largest absolute Gasteiger partial charge is 0.354 e. The van der Waals surface area contributed by atoms with E-state index in [1.54, 1.807) is 17.8 Å². The van der Waals surface area contributed by atoms with Crippen molar-refractivity contribution in [3.8, 4) is 0 Å². The summed E-state index contributed by atoms with van der Waals surface area (Å²) in [5, 5.41) is 9.74. The Hall–Kier alpha value is -2.63. The van der Waals surface area contributed by atoms with Crippen molar-refractivity contribution in [2.75, 3.05) is 7.05 Å². The quantitative estimate of drug-likeness (QED) is 0.870. The Kier molecular flexibility index (Phi) is 3.91. The summed E-state index contributed by atoms with van der Waals surface area (Å²) >= 11 is 0. The molecule has 1 aliphatic rings. The molecule has 0 radical (unpaired) electrons. The molecule has 0 atom stereocenters. The van der Waals surface area contributed by atoms with E-state index in [1.165, 1.54) is 0 Å². The molecule has 1 aromatic carbocycles. The number of nitrogens with one attached hydrogen (secondary N) is 2. The van der Waals surface area contributed by atoms with Crippen LogP contribution in [0.3, 0.4) is 0 Å². The third-order valence-electron chi connectivity index (χ3n) is 3.56. The molecule has 1 fully saturated rings. The van der Waals surface area contributed by atoms with Gasteiger partial charge in [-0.1, -0.05) is 30.3 Å². The van der Waals surface area contributed by atoms with E-state index in [0.717, 1.165) is 18.4 Å². The van der Waals surface area contributed by atoms with Crippen molar-refractivity contribution in [1.29, 1.82) is 0 Å². The first-order valence-corrected chi connectivity index (χ1v) is 7.32. The molecule has 2 N–H and O–H groups in total. The lowest BCUT2D eigenvalue weighted by Crippen LogP contribution is -2.28. The van der Waals surface area contributed by atoms with Crippen molar-refractivity contribution in [2.45, 2.75) is 25.4 Å². The van der Waals surface area contributed by atoms with E-state index in [-0.39, 0.29) is 23.6 Å². The Morgan fingerprint density at radius 3 is 2.59 bits per heavy atom. The molecule has 0 unspecified atom stereocenters. The first-order chi connectivity index (χ1) is 10.7. The SMILES string of the molecule is CNC(=O)c1cc(C(=O)NC2CC2)n(Cc2ccccc2)n1. The van der Waals surface area contributed by atoms with Crippen LogP contribution < -0.4 is 10.6 Å². The van der Waals surface area contributed by atoms with E-state index in [0.29, 0.717) is 12.2 Å². The highest BCUT2D eigenvalue weighted by molar-refractivity contribution is 5.98. The highest BCUT2D eigenvalue weighted by Gasteiger charge is 2.26. The van der Waals surface area contributed by atoms with Crippen LogP contribution in [-0.2, 0) is 6.54 Å². The smallest absolute Gasteiger partial charge is 0.271 e. The molecule has 0 saturated heterocycles. The second-order valence-corrected chi connectivity index (χ2v) is 5.38. The lowest BCUT2D eigenvalue weighted by Gasteiger charge is -2.07. The number of benzene rings is 1. The first kappa shape index (κ1) is 14.3. The van der Waals surface area contributed by atoms with Gasteiger partial charge in [-0.3, -0.25) is 14.3 Å². The van der Waals surface area contributed by atoms with Crippen LogP contribution in [0.5, 0.6) is 0 Å². The van der Waals surface area contributed by atoms with Gasteiger partial charge in [0, 0.05) is 19.2 Å². The van der Waals surface area contributed by atoms with Gasteiger partial charge in [-0.05, 0) is 18.4 Å². The number of rotatable bonds is 5. The van der Waals surface area contributed by atoms with E-state index in [9.17, 15) is 9.59 Å². The van der Waals surface area contributed by atoms with Gasteiger partial charge in [-0.15, -0.1) is 0 Å². The van der Waals surface area contributed by atoms with Gasteiger partial charge in [0.2, 0.25) is 0 Å². The van der Waals surface area contributed by atoms with Crippen molar-refractivity contribution in [3.05, 3.63) is 53.3 Å².